The predicted molar refractivity (Wildman–Crippen MR) is 228 cm³/mol. The Morgan fingerprint density at radius 1 is 0.967 bits per heavy atom. The molecule has 60 heavy (non-hydrogen) atoms. The maximum absolute atomic E-state index is 13.6. The van der Waals surface area contributed by atoms with Gasteiger partial charge in [0.2, 0.25) is 13.1 Å². The molecular formula is C47H67N5O8+2. The fraction of sp³-hybridized carbons (Fsp3) is 0.553. The summed E-state index contributed by atoms with van der Waals surface area (Å²) in [6, 6.07) is 19.6. The van der Waals surface area contributed by atoms with E-state index in [9.17, 15) is 29.7 Å². The van der Waals surface area contributed by atoms with E-state index in [0.717, 1.165) is 32.7 Å². The highest BCUT2D eigenvalue weighted by Gasteiger charge is 2.81. The highest BCUT2D eigenvalue weighted by Crippen LogP contribution is 2.67. The molecule has 1 amide bonds. The number of rotatable bonds is 8. The van der Waals surface area contributed by atoms with Crippen molar-refractivity contribution in [1.29, 1.82) is 0 Å². The molecule has 3 fully saturated rings. The van der Waals surface area contributed by atoms with Crippen molar-refractivity contribution in [3.8, 4) is 11.4 Å². The average molecular weight is 830 g/mol. The van der Waals surface area contributed by atoms with Gasteiger partial charge in [0.1, 0.15) is 5.60 Å². The third-order valence-corrected chi connectivity index (χ3v) is 13.5. The van der Waals surface area contributed by atoms with Crippen LogP contribution in [0.5, 0.6) is 0 Å². The minimum Gasteiger partial charge on any atom is -0.457 e. The van der Waals surface area contributed by atoms with E-state index in [1.165, 1.54) is 31.3 Å². The molecule has 1 aromatic carbocycles. The number of Topliss-reactive ketones (excluding diaryl/α,β-unsaturated/α-hetero) is 1. The van der Waals surface area contributed by atoms with Crippen LogP contribution < -0.4 is 20.2 Å². The number of aliphatic hydroxyl groups is 3. The molecule has 0 bridgehead atoms. The van der Waals surface area contributed by atoms with Crippen LogP contribution in [0.15, 0.2) is 85.7 Å². The highest BCUT2D eigenvalue weighted by molar-refractivity contribution is 5.94. The molecule has 2 aliphatic heterocycles. The van der Waals surface area contributed by atoms with Gasteiger partial charge in [0.05, 0.1) is 17.8 Å². The van der Waals surface area contributed by atoms with Crippen LogP contribution in [0.3, 0.4) is 0 Å². The van der Waals surface area contributed by atoms with Gasteiger partial charge in [0.15, 0.2) is 29.9 Å². The Labute approximate surface area is 355 Å². The number of nitrogen functional groups attached to an aromatic ring is 1. The first-order chi connectivity index (χ1) is 28.2. The second-order valence-corrected chi connectivity index (χ2v) is 17.8. The molecule has 6 N–H and O–H groups in total. The van der Waals surface area contributed by atoms with Crippen LogP contribution >= 0.6 is 0 Å². The first-order valence-corrected chi connectivity index (χ1v) is 21.2. The van der Waals surface area contributed by atoms with Crippen LogP contribution in [0.2, 0.25) is 0 Å². The van der Waals surface area contributed by atoms with Crippen molar-refractivity contribution in [2.75, 3.05) is 31.9 Å². The number of aryl methyl sites for hydroxylation is 2. The van der Waals surface area contributed by atoms with Crippen LogP contribution in [0.25, 0.3) is 11.4 Å². The molecule has 0 unspecified atom stereocenters. The number of carbonyl (C=O) groups excluding carboxylic acids is 3. The first-order valence-electron chi connectivity index (χ1n) is 21.2. The molecule has 8 atom stereocenters. The SMILES string of the molecule is C=C[C@@]1(C)CC(=O)[C@]2(O)[C@@]3(C)[C@@H](O)CCC(C)(C)[C@@H]3[C@H](O)[C@H](OC(C)=O)[C@@]2(C)O1.CCN(CC)CCNC(=O)c1ccc(N)cc1.c1cc[n+]2c(c1)-c1cccc[n+]1CC2. The zero-order chi connectivity index (χ0) is 44.3. The number of nitrogens with two attached hydrogens (primary N) is 1. The Morgan fingerprint density at radius 2 is 1.53 bits per heavy atom. The Bertz CT molecular complexity index is 1980. The van der Waals surface area contributed by atoms with Crippen molar-refractivity contribution in [1.82, 2.24) is 10.2 Å². The number of hydrogen-bond donors (Lipinski definition) is 5. The van der Waals surface area contributed by atoms with E-state index >= 15 is 0 Å². The standard InChI is InChI=1S/C22H34O7.C13H21N3O.C12H12N2/c1-8-19(5)11-14(25)22(27)20(6)13(24)9-10-18(3,4)16(20)15(26)17(28-12(2)23)21(22,7)29-19;1-3-16(4-2)10-9-15-13(17)11-5-7-12(14)8-6-11;1-3-7-13-9-10-14-8-4-2-6-12(14)11(13)5-1/h8,13,15-17,24,26-27H,1,9-11H2,2-7H3;5-8H,3-4,9-10,14H2,1-2H3,(H,15,17);1-8H,9-10H2/q;;+2/t13-,15-,16-,17-,19-,20-,21+,22-;;/m0../s1. The number of likely N-dealkylation sites (N-methyl/N-ethyl adjacent to an activating group) is 1. The van der Waals surface area contributed by atoms with Crippen molar-refractivity contribution in [3.63, 3.8) is 0 Å². The van der Waals surface area contributed by atoms with Crippen LogP contribution in [0.4, 0.5) is 5.69 Å². The number of nitrogens with zero attached hydrogens (tertiary/aromatic N) is 3. The molecule has 13 nitrogen and oxygen atoms in total. The number of amides is 1. The van der Waals surface area contributed by atoms with Crippen molar-refractivity contribution in [3.05, 3.63) is 91.3 Å². The second kappa shape index (κ2) is 18.2. The van der Waals surface area contributed by atoms with Gasteiger partial charge in [0.25, 0.3) is 17.3 Å². The Hall–Kier alpha value is -4.53. The third kappa shape index (κ3) is 8.65. The number of carbonyl (C=O) groups is 3. The van der Waals surface area contributed by atoms with E-state index in [0.29, 0.717) is 30.6 Å². The molecular weight excluding hydrogens is 763 g/mol. The summed E-state index contributed by atoms with van der Waals surface area (Å²) in [6.07, 6.45) is 3.00. The van der Waals surface area contributed by atoms with Crippen LogP contribution in [0, 0.1) is 16.7 Å². The van der Waals surface area contributed by atoms with Crippen LogP contribution in [-0.2, 0) is 32.2 Å². The van der Waals surface area contributed by atoms with E-state index in [-0.39, 0.29) is 12.3 Å². The minimum atomic E-state index is -2.18. The zero-order valence-electron chi connectivity index (χ0n) is 36.7. The molecule has 1 saturated heterocycles. The van der Waals surface area contributed by atoms with Crippen LogP contribution in [0.1, 0.15) is 85.0 Å². The normalized spacial score (nSPS) is 31.0. The van der Waals surface area contributed by atoms with Crippen LogP contribution in [-0.4, -0.2) is 99.2 Å². The highest BCUT2D eigenvalue weighted by atomic mass is 16.6. The Kier molecular flexibility index (Phi) is 14.1. The number of hydrogen-bond acceptors (Lipinski definition) is 10. The number of esters is 1. The summed E-state index contributed by atoms with van der Waals surface area (Å²) < 4.78 is 16.4. The third-order valence-electron chi connectivity index (χ3n) is 13.5. The van der Waals surface area contributed by atoms with Gasteiger partial charge in [-0.05, 0) is 81.6 Å². The van der Waals surface area contributed by atoms with Crippen molar-refractivity contribution < 1.29 is 48.3 Å². The van der Waals surface area contributed by atoms with Gasteiger partial charge in [-0.2, -0.15) is 9.13 Å². The van der Waals surface area contributed by atoms with Gasteiger partial charge in [-0.1, -0.05) is 40.7 Å². The molecule has 4 heterocycles. The van der Waals surface area contributed by atoms with Gasteiger partial charge >= 0.3 is 5.97 Å². The van der Waals surface area contributed by atoms with E-state index in [1.54, 1.807) is 38.1 Å². The lowest BCUT2D eigenvalue weighted by Gasteiger charge is -2.71. The topological polar surface area (TPSA) is 179 Å². The lowest BCUT2D eigenvalue weighted by atomic mass is 9.40. The van der Waals surface area contributed by atoms with E-state index in [4.69, 9.17) is 15.2 Å². The number of anilines is 1. The summed E-state index contributed by atoms with van der Waals surface area (Å²) >= 11 is 0. The van der Waals surface area contributed by atoms with Crippen molar-refractivity contribution in [2.45, 2.75) is 123 Å². The van der Waals surface area contributed by atoms with Gasteiger partial charge in [0, 0.05) is 73.3 Å². The molecule has 13 heteroatoms. The van der Waals surface area contributed by atoms with Crippen molar-refractivity contribution in [2.24, 2.45) is 16.7 Å². The monoisotopic (exact) mass is 829 g/mol. The number of fused-ring (bicyclic) bond motifs is 6. The van der Waals surface area contributed by atoms with E-state index in [2.05, 4.69) is 88.6 Å². The van der Waals surface area contributed by atoms with Gasteiger partial charge < -0.3 is 40.7 Å². The van der Waals surface area contributed by atoms with E-state index in [1.807, 2.05) is 13.8 Å². The summed E-state index contributed by atoms with van der Waals surface area (Å²) in [5.41, 5.74) is 2.49. The largest absolute Gasteiger partial charge is 0.457 e. The number of benzene rings is 1. The maximum Gasteiger partial charge on any atom is 0.303 e. The van der Waals surface area contributed by atoms with Gasteiger partial charge in [-0.25, -0.2) is 0 Å². The van der Waals surface area contributed by atoms with E-state index < -0.39 is 63.6 Å². The van der Waals surface area contributed by atoms with Crippen molar-refractivity contribution >= 4 is 23.3 Å². The first kappa shape index (κ1) is 46.5. The fourth-order valence-corrected chi connectivity index (χ4v) is 10.3. The summed E-state index contributed by atoms with van der Waals surface area (Å²) in [6.45, 7) is 23.6. The number of pyridine rings is 2. The minimum absolute atomic E-state index is 0.0443. The molecule has 0 spiro atoms. The fourth-order valence-electron chi connectivity index (χ4n) is 10.3. The number of ketones is 1. The molecule has 2 aromatic heterocycles. The molecule has 2 saturated carbocycles. The summed E-state index contributed by atoms with van der Waals surface area (Å²) in [4.78, 5) is 39.5. The average Bonchev–Trinajstić information content (AvgIpc) is 3.22. The molecule has 4 aliphatic rings. The lowest BCUT2D eigenvalue weighted by Crippen LogP contribution is -2.86. The lowest BCUT2D eigenvalue weighted by molar-refractivity contribution is -0.794. The summed E-state index contributed by atoms with van der Waals surface area (Å²) in [7, 11) is 0. The molecule has 0 radical (unpaired) electrons. The van der Waals surface area contributed by atoms with Gasteiger partial charge in [-0.15, -0.1) is 6.58 Å². The number of aromatic nitrogens is 2. The Balaban J connectivity index is 0.000000186. The summed E-state index contributed by atoms with van der Waals surface area (Å²) in [5, 5.41) is 37.6. The second-order valence-electron chi connectivity index (χ2n) is 17.8. The Morgan fingerprint density at radius 3 is 2.05 bits per heavy atom. The number of ether oxygens (including phenoxy) is 2. The molecule has 326 valence electrons. The maximum atomic E-state index is 13.6. The quantitative estimate of drug-likeness (QED) is 0.0971. The number of nitrogens with one attached hydrogen (secondary N) is 1. The summed E-state index contributed by atoms with van der Waals surface area (Å²) in [5.74, 6) is -1.92. The number of aliphatic hydroxyl groups excluding tert-OH is 2. The molecule has 2 aliphatic carbocycles. The molecule has 7 rings (SSSR count). The van der Waals surface area contributed by atoms with Gasteiger partial charge in [-0.3, -0.25) is 14.4 Å². The smallest absolute Gasteiger partial charge is 0.303 e. The molecule has 3 aromatic rings. The zero-order valence-corrected chi connectivity index (χ0v) is 36.7. The predicted octanol–water partition coefficient (Wildman–Crippen LogP) is 3.80.